The zero-order chi connectivity index (χ0) is 18.1. The summed E-state index contributed by atoms with van der Waals surface area (Å²) in [6.07, 6.45) is 3.11. The maximum absolute atomic E-state index is 12.2. The van der Waals surface area contributed by atoms with Crippen molar-refractivity contribution in [1.82, 2.24) is 19.7 Å². The number of aromatic nitrogens is 4. The average molecular weight is 340 g/mol. The summed E-state index contributed by atoms with van der Waals surface area (Å²) in [6, 6.07) is 3.60. The molecule has 3 heterocycles. The van der Waals surface area contributed by atoms with Gasteiger partial charge in [-0.05, 0) is 39.8 Å². The van der Waals surface area contributed by atoms with Gasteiger partial charge in [0, 0.05) is 34.6 Å². The standard InChI is InChI=1S/C18H20N4O3/c1-10(2)22-17-13(8-20-22)6-14(7-19-17)18(24)25-9-16(23)15-5-11(3)21-12(15)4/h5-8,10,21H,9H2,1-4H3. The predicted octanol–water partition coefficient (Wildman–Crippen LogP) is 3.00. The van der Waals surface area contributed by atoms with Crippen LogP contribution in [0.5, 0.6) is 0 Å². The van der Waals surface area contributed by atoms with Gasteiger partial charge in [0.05, 0.1) is 11.8 Å². The van der Waals surface area contributed by atoms with Gasteiger partial charge in [-0.25, -0.2) is 14.5 Å². The molecule has 0 amide bonds. The van der Waals surface area contributed by atoms with Crippen LogP contribution in [0.2, 0.25) is 0 Å². The number of hydrogen-bond acceptors (Lipinski definition) is 5. The van der Waals surface area contributed by atoms with E-state index < -0.39 is 5.97 Å². The number of rotatable bonds is 5. The maximum atomic E-state index is 12.2. The van der Waals surface area contributed by atoms with Crippen LogP contribution in [0, 0.1) is 13.8 Å². The number of ketones is 1. The topological polar surface area (TPSA) is 89.9 Å². The fraction of sp³-hybridized carbons (Fsp3) is 0.333. The van der Waals surface area contributed by atoms with E-state index in [0.29, 0.717) is 16.8 Å². The Bertz CT molecular complexity index is 953. The number of H-pyrrole nitrogens is 1. The summed E-state index contributed by atoms with van der Waals surface area (Å²) in [6.45, 7) is 7.39. The number of hydrogen-bond donors (Lipinski definition) is 1. The van der Waals surface area contributed by atoms with Crippen molar-refractivity contribution in [1.29, 1.82) is 0 Å². The number of aryl methyl sites for hydroxylation is 2. The Hall–Kier alpha value is -2.96. The highest BCUT2D eigenvalue weighted by atomic mass is 16.5. The summed E-state index contributed by atoms with van der Waals surface area (Å²) >= 11 is 0. The molecule has 7 heteroatoms. The van der Waals surface area contributed by atoms with Crippen LogP contribution in [-0.2, 0) is 4.74 Å². The van der Waals surface area contributed by atoms with E-state index in [-0.39, 0.29) is 18.4 Å². The average Bonchev–Trinajstić information content (AvgIpc) is 3.14. The van der Waals surface area contributed by atoms with Gasteiger partial charge < -0.3 is 9.72 Å². The van der Waals surface area contributed by atoms with E-state index in [0.717, 1.165) is 16.8 Å². The van der Waals surface area contributed by atoms with Crippen molar-refractivity contribution in [2.24, 2.45) is 0 Å². The van der Waals surface area contributed by atoms with Crippen molar-refractivity contribution in [3.05, 3.63) is 47.0 Å². The van der Waals surface area contributed by atoms with Gasteiger partial charge in [-0.2, -0.15) is 5.10 Å². The van der Waals surface area contributed by atoms with Crippen LogP contribution in [0.3, 0.4) is 0 Å². The number of aromatic amines is 1. The third-order valence-electron chi connectivity index (χ3n) is 3.94. The number of nitrogens with one attached hydrogen (secondary N) is 1. The van der Waals surface area contributed by atoms with E-state index in [1.165, 1.54) is 6.20 Å². The quantitative estimate of drug-likeness (QED) is 0.569. The van der Waals surface area contributed by atoms with Gasteiger partial charge in [0.1, 0.15) is 0 Å². The monoisotopic (exact) mass is 340 g/mol. The molecule has 0 aliphatic carbocycles. The molecule has 1 N–H and O–H groups in total. The lowest BCUT2D eigenvalue weighted by Crippen LogP contribution is -2.15. The molecular formula is C18H20N4O3. The number of fused-ring (bicyclic) bond motifs is 1. The summed E-state index contributed by atoms with van der Waals surface area (Å²) in [7, 11) is 0. The number of carbonyl (C=O) groups excluding carboxylic acids is 2. The molecule has 7 nitrogen and oxygen atoms in total. The van der Waals surface area contributed by atoms with Crippen LogP contribution in [0.1, 0.15) is 52.0 Å². The van der Waals surface area contributed by atoms with Gasteiger partial charge in [0.25, 0.3) is 0 Å². The molecule has 0 aliphatic heterocycles. The van der Waals surface area contributed by atoms with Gasteiger partial charge in [-0.3, -0.25) is 4.79 Å². The van der Waals surface area contributed by atoms with Gasteiger partial charge in [0.15, 0.2) is 12.3 Å². The Morgan fingerprint density at radius 3 is 2.64 bits per heavy atom. The van der Waals surface area contributed by atoms with Crippen LogP contribution in [0.4, 0.5) is 0 Å². The van der Waals surface area contributed by atoms with E-state index in [1.54, 1.807) is 23.0 Å². The fourth-order valence-corrected chi connectivity index (χ4v) is 2.74. The smallest absolute Gasteiger partial charge is 0.340 e. The van der Waals surface area contributed by atoms with Crippen molar-refractivity contribution in [2.75, 3.05) is 6.61 Å². The van der Waals surface area contributed by atoms with Crippen LogP contribution >= 0.6 is 0 Å². The number of ether oxygens (including phenoxy) is 1. The van der Waals surface area contributed by atoms with E-state index in [1.807, 2.05) is 27.7 Å². The Morgan fingerprint density at radius 1 is 1.24 bits per heavy atom. The first-order chi connectivity index (χ1) is 11.9. The first-order valence-corrected chi connectivity index (χ1v) is 8.06. The molecule has 0 bridgehead atoms. The summed E-state index contributed by atoms with van der Waals surface area (Å²) in [4.78, 5) is 31.7. The molecule has 3 aromatic rings. The number of carbonyl (C=O) groups is 2. The molecule has 0 radical (unpaired) electrons. The lowest BCUT2D eigenvalue weighted by Gasteiger charge is -2.07. The highest BCUT2D eigenvalue weighted by molar-refractivity contribution is 6.00. The van der Waals surface area contributed by atoms with Crippen molar-refractivity contribution >= 4 is 22.8 Å². The highest BCUT2D eigenvalue weighted by Gasteiger charge is 2.16. The van der Waals surface area contributed by atoms with Gasteiger partial charge in [0.2, 0.25) is 5.78 Å². The Morgan fingerprint density at radius 2 is 2.00 bits per heavy atom. The molecular weight excluding hydrogens is 320 g/mol. The minimum atomic E-state index is -0.579. The molecule has 0 aromatic carbocycles. The Balaban J connectivity index is 1.72. The van der Waals surface area contributed by atoms with Crippen LogP contribution in [0.15, 0.2) is 24.5 Å². The first kappa shape index (κ1) is 16.9. The van der Waals surface area contributed by atoms with E-state index >= 15 is 0 Å². The predicted molar refractivity (Wildman–Crippen MR) is 92.8 cm³/mol. The third kappa shape index (κ3) is 3.31. The van der Waals surface area contributed by atoms with Crippen molar-refractivity contribution in [3.63, 3.8) is 0 Å². The lowest BCUT2D eigenvalue weighted by molar-refractivity contribution is 0.0474. The van der Waals surface area contributed by atoms with Crippen LogP contribution in [-0.4, -0.2) is 38.1 Å². The Labute approximate surface area is 145 Å². The zero-order valence-electron chi connectivity index (χ0n) is 14.7. The summed E-state index contributed by atoms with van der Waals surface area (Å²) in [5, 5.41) is 5.02. The second-order valence-electron chi connectivity index (χ2n) is 6.31. The molecule has 0 fully saturated rings. The first-order valence-electron chi connectivity index (χ1n) is 8.06. The van der Waals surface area contributed by atoms with Crippen molar-refractivity contribution in [2.45, 2.75) is 33.7 Å². The zero-order valence-corrected chi connectivity index (χ0v) is 14.7. The summed E-state index contributed by atoms with van der Waals surface area (Å²) < 4.78 is 6.92. The SMILES string of the molecule is Cc1cc(C(=O)COC(=O)c2cnc3c(cnn3C(C)C)c2)c(C)[nH]1. The number of pyridine rings is 1. The van der Waals surface area contributed by atoms with E-state index in [9.17, 15) is 9.59 Å². The second kappa shape index (κ2) is 6.51. The van der Waals surface area contributed by atoms with Crippen molar-refractivity contribution < 1.29 is 14.3 Å². The Kier molecular flexibility index (Phi) is 4.39. The normalized spacial score (nSPS) is 11.2. The molecule has 0 saturated heterocycles. The van der Waals surface area contributed by atoms with Crippen molar-refractivity contribution in [3.8, 4) is 0 Å². The molecule has 0 saturated carbocycles. The molecule has 0 unspecified atom stereocenters. The van der Waals surface area contributed by atoms with Gasteiger partial charge in [-0.15, -0.1) is 0 Å². The second-order valence-corrected chi connectivity index (χ2v) is 6.31. The number of esters is 1. The molecule has 3 rings (SSSR count). The lowest BCUT2D eigenvalue weighted by atomic mass is 10.1. The third-order valence-corrected chi connectivity index (χ3v) is 3.94. The molecule has 0 atom stereocenters. The molecule has 0 spiro atoms. The molecule has 25 heavy (non-hydrogen) atoms. The number of nitrogens with zero attached hydrogens (tertiary/aromatic N) is 3. The minimum Gasteiger partial charge on any atom is -0.454 e. The largest absolute Gasteiger partial charge is 0.454 e. The molecule has 0 aliphatic rings. The van der Waals surface area contributed by atoms with Crippen LogP contribution in [0.25, 0.3) is 11.0 Å². The van der Waals surface area contributed by atoms with E-state index in [4.69, 9.17) is 4.74 Å². The van der Waals surface area contributed by atoms with Gasteiger partial charge >= 0.3 is 5.97 Å². The fourth-order valence-electron chi connectivity index (χ4n) is 2.74. The number of Topliss-reactive ketones (excluding diaryl/α,β-unsaturated/α-hetero) is 1. The molecule has 130 valence electrons. The highest BCUT2D eigenvalue weighted by Crippen LogP contribution is 2.17. The minimum absolute atomic E-state index is 0.175. The van der Waals surface area contributed by atoms with Crippen LogP contribution < -0.4 is 0 Å². The summed E-state index contributed by atoms with van der Waals surface area (Å²) in [5.74, 6) is -0.818. The summed E-state index contributed by atoms with van der Waals surface area (Å²) in [5.41, 5.74) is 3.20. The molecule has 3 aromatic heterocycles. The van der Waals surface area contributed by atoms with Gasteiger partial charge in [-0.1, -0.05) is 0 Å². The van der Waals surface area contributed by atoms with E-state index in [2.05, 4.69) is 15.1 Å². The maximum Gasteiger partial charge on any atom is 0.340 e.